The van der Waals surface area contributed by atoms with Crippen LogP contribution in [0.1, 0.15) is 20.7 Å². The fraction of sp³-hybridized carbons (Fsp3) is 0. The fourth-order valence-electron chi connectivity index (χ4n) is 1.67. The van der Waals surface area contributed by atoms with E-state index in [1.165, 1.54) is 36.4 Å². The van der Waals surface area contributed by atoms with Crippen molar-refractivity contribution in [1.29, 1.82) is 0 Å². The van der Waals surface area contributed by atoms with Gasteiger partial charge in [-0.3, -0.25) is 0 Å². The zero-order chi connectivity index (χ0) is 15.6. The van der Waals surface area contributed by atoms with Crippen LogP contribution >= 0.6 is 0 Å². The Balaban J connectivity index is 2.18. The summed E-state index contributed by atoms with van der Waals surface area (Å²) in [7, 11) is 0. The van der Waals surface area contributed by atoms with Crippen molar-refractivity contribution in [3.05, 3.63) is 47.5 Å². The van der Waals surface area contributed by atoms with Crippen LogP contribution in [0.15, 0.2) is 36.4 Å². The molecule has 0 heterocycles. The lowest BCUT2D eigenvalue weighted by atomic mass is 10.1. The molecule has 0 atom stereocenters. The summed E-state index contributed by atoms with van der Waals surface area (Å²) in [5.74, 6) is -1.71. The second-order valence-corrected chi connectivity index (χ2v) is 4.37. The molecule has 2 aromatic carbocycles. The minimum Gasteiger partial charge on any atom is -0.399 e. The predicted molar refractivity (Wildman–Crippen MR) is 80.3 cm³/mol. The average Bonchev–Trinajstić information content (AvgIpc) is 2.41. The Kier molecular flexibility index (Phi) is 3.66. The summed E-state index contributed by atoms with van der Waals surface area (Å²) >= 11 is 0. The summed E-state index contributed by atoms with van der Waals surface area (Å²) in [5, 5.41) is 0. The Bertz CT molecular complexity index is 728. The molecule has 8 N–H and O–H groups in total. The Morgan fingerprint density at radius 2 is 1.48 bits per heavy atom. The van der Waals surface area contributed by atoms with Crippen molar-refractivity contribution >= 4 is 34.7 Å². The highest BCUT2D eigenvalue weighted by Gasteiger charge is 2.17. The Morgan fingerprint density at radius 1 is 0.762 bits per heavy atom. The first kappa shape index (κ1) is 14.2. The van der Waals surface area contributed by atoms with Gasteiger partial charge < -0.3 is 27.7 Å². The van der Waals surface area contributed by atoms with Gasteiger partial charge in [0.1, 0.15) is 0 Å². The summed E-state index contributed by atoms with van der Waals surface area (Å²) in [6.07, 6.45) is 0. The van der Waals surface area contributed by atoms with Crippen LogP contribution in [0.25, 0.3) is 0 Å². The van der Waals surface area contributed by atoms with Crippen LogP contribution in [0.3, 0.4) is 0 Å². The standard InChI is InChI=1S/C14H14N4O3/c15-8-2-3-9(11(17)6-8)14(20)21-13(19)7-1-4-10(16)12(18)5-7/h1-6H,15-18H2. The van der Waals surface area contributed by atoms with Gasteiger partial charge in [0.15, 0.2) is 0 Å². The third kappa shape index (κ3) is 3.03. The molecule has 0 aliphatic carbocycles. The van der Waals surface area contributed by atoms with Gasteiger partial charge in [-0.15, -0.1) is 0 Å². The summed E-state index contributed by atoms with van der Waals surface area (Å²) in [5.41, 5.74) is 23.6. The third-order valence-corrected chi connectivity index (χ3v) is 2.80. The molecule has 7 heteroatoms. The smallest absolute Gasteiger partial charge is 0.348 e. The first-order chi connectivity index (χ1) is 9.88. The van der Waals surface area contributed by atoms with E-state index < -0.39 is 11.9 Å². The molecule has 2 aromatic rings. The van der Waals surface area contributed by atoms with Crippen LogP contribution in [0, 0.1) is 0 Å². The molecular weight excluding hydrogens is 272 g/mol. The molecule has 0 bridgehead atoms. The zero-order valence-corrected chi connectivity index (χ0v) is 11.0. The molecule has 0 aliphatic heterocycles. The molecule has 21 heavy (non-hydrogen) atoms. The normalized spacial score (nSPS) is 10.1. The maximum absolute atomic E-state index is 11.9. The van der Waals surface area contributed by atoms with E-state index in [0.29, 0.717) is 11.4 Å². The Labute approximate surface area is 120 Å². The van der Waals surface area contributed by atoms with Crippen molar-refractivity contribution < 1.29 is 14.3 Å². The highest BCUT2D eigenvalue weighted by Crippen LogP contribution is 2.19. The number of benzene rings is 2. The molecule has 0 aromatic heterocycles. The van der Waals surface area contributed by atoms with Crippen molar-refractivity contribution in [2.24, 2.45) is 0 Å². The van der Waals surface area contributed by atoms with E-state index in [1.807, 2.05) is 0 Å². The molecule has 0 aliphatic rings. The number of nitrogens with two attached hydrogens (primary N) is 4. The van der Waals surface area contributed by atoms with Crippen molar-refractivity contribution in [1.82, 2.24) is 0 Å². The first-order valence-corrected chi connectivity index (χ1v) is 5.95. The number of anilines is 4. The van der Waals surface area contributed by atoms with Crippen LogP contribution < -0.4 is 22.9 Å². The molecule has 0 unspecified atom stereocenters. The van der Waals surface area contributed by atoms with Crippen molar-refractivity contribution in [2.45, 2.75) is 0 Å². The van der Waals surface area contributed by atoms with E-state index in [-0.39, 0.29) is 22.5 Å². The van der Waals surface area contributed by atoms with Crippen molar-refractivity contribution in [3.63, 3.8) is 0 Å². The minimum absolute atomic E-state index is 0.0565. The lowest BCUT2D eigenvalue weighted by Crippen LogP contribution is -2.15. The lowest BCUT2D eigenvalue weighted by Gasteiger charge is -2.07. The maximum atomic E-state index is 11.9. The molecule has 108 valence electrons. The minimum atomic E-state index is -0.868. The summed E-state index contributed by atoms with van der Waals surface area (Å²) in [6.45, 7) is 0. The predicted octanol–water partition coefficient (Wildman–Crippen LogP) is 1.01. The lowest BCUT2D eigenvalue weighted by molar-refractivity contribution is 0.0398. The van der Waals surface area contributed by atoms with Crippen LogP contribution in [0.2, 0.25) is 0 Å². The maximum Gasteiger partial charge on any atom is 0.348 e. The number of hydrogen-bond donors (Lipinski definition) is 4. The number of nitrogen functional groups attached to an aromatic ring is 4. The monoisotopic (exact) mass is 286 g/mol. The number of hydrogen-bond acceptors (Lipinski definition) is 7. The highest BCUT2D eigenvalue weighted by molar-refractivity contribution is 6.05. The molecule has 0 saturated carbocycles. The number of ether oxygens (including phenoxy) is 1. The molecule has 0 radical (unpaired) electrons. The SMILES string of the molecule is Nc1ccc(C(=O)OC(=O)c2ccc(N)c(N)c2)c(N)c1. The van der Waals surface area contributed by atoms with Gasteiger partial charge in [-0.25, -0.2) is 9.59 Å². The molecule has 2 rings (SSSR count). The second kappa shape index (κ2) is 5.41. The van der Waals surface area contributed by atoms with Crippen molar-refractivity contribution in [2.75, 3.05) is 22.9 Å². The number of carbonyl (C=O) groups excluding carboxylic acids is 2. The topological polar surface area (TPSA) is 147 Å². The molecule has 7 nitrogen and oxygen atoms in total. The van der Waals surface area contributed by atoms with E-state index >= 15 is 0 Å². The van der Waals surface area contributed by atoms with Gasteiger partial charge in [0.25, 0.3) is 0 Å². The molecule has 0 amide bonds. The zero-order valence-electron chi connectivity index (χ0n) is 11.0. The summed E-state index contributed by atoms with van der Waals surface area (Å²) < 4.78 is 4.74. The molecular formula is C14H14N4O3. The summed E-state index contributed by atoms with van der Waals surface area (Å²) in [6, 6.07) is 8.47. The van der Waals surface area contributed by atoms with Crippen LogP contribution in [0.4, 0.5) is 22.7 Å². The van der Waals surface area contributed by atoms with Gasteiger partial charge in [-0.05, 0) is 36.4 Å². The van der Waals surface area contributed by atoms with Crippen LogP contribution in [-0.4, -0.2) is 11.9 Å². The fourth-order valence-corrected chi connectivity index (χ4v) is 1.67. The van der Waals surface area contributed by atoms with Crippen LogP contribution in [-0.2, 0) is 4.74 Å². The molecule has 0 fully saturated rings. The van der Waals surface area contributed by atoms with Gasteiger partial charge in [0.2, 0.25) is 0 Å². The quantitative estimate of drug-likeness (QED) is 0.366. The first-order valence-electron chi connectivity index (χ1n) is 5.95. The van der Waals surface area contributed by atoms with E-state index in [0.717, 1.165) is 0 Å². The number of esters is 2. The Morgan fingerprint density at radius 3 is 2.10 bits per heavy atom. The van der Waals surface area contributed by atoms with Gasteiger partial charge in [-0.1, -0.05) is 0 Å². The highest BCUT2D eigenvalue weighted by atomic mass is 16.6. The summed E-state index contributed by atoms with van der Waals surface area (Å²) in [4.78, 5) is 23.8. The second-order valence-electron chi connectivity index (χ2n) is 4.37. The molecule has 0 spiro atoms. The van der Waals surface area contributed by atoms with Gasteiger partial charge in [-0.2, -0.15) is 0 Å². The van der Waals surface area contributed by atoms with E-state index in [9.17, 15) is 9.59 Å². The van der Waals surface area contributed by atoms with E-state index in [1.54, 1.807) is 0 Å². The van der Waals surface area contributed by atoms with Gasteiger partial charge >= 0.3 is 11.9 Å². The van der Waals surface area contributed by atoms with E-state index in [4.69, 9.17) is 27.7 Å². The van der Waals surface area contributed by atoms with Crippen molar-refractivity contribution in [3.8, 4) is 0 Å². The van der Waals surface area contributed by atoms with Gasteiger partial charge in [0, 0.05) is 11.4 Å². The molecule has 0 saturated heterocycles. The van der Waals surface area contributed by atoms with Gasteiger partial charge in [0.05, 0.1) is 22.5 Å². The Hall–Kier alpha value is -3.22. The number of carbonyl (C=O) groups is 2. The van der Waals surface area contributed by atoms with Crippen LogP contribution in [0.5, 0.6) is 0 Å². The van der Waals surface area contributed by atoms with E-state index in [2.05, 4.69) is 0 Å². The largest absolute Gasteiger partial charge is 0.399 e. The average molecular weight is 286 g/mol. The number of rotatable bonds is 2. The third-order valence-electron chi connectivity index (χ3n) is 2.80.